The molecule has 1 aliphatic rings. The van der Waals surface area contributed by atoms with Crippen molar-refractivity contribution in [3.05, 3.63) is 59.4 Å². The number of benzene rings is 2. The van der Waals surface area contributed by atoms with Gasteiger partial charge in [-0.05, 0) is 66.3 Å². The number of unbranched alkanes of at least 4 members (excludes halogenated alkanes) is 5. The maximum Gasteiger partial charge on any atom is 0.273 e. The lowest BCUT2D eigenvalue weighted by molar-refractivity contribution is 0.0138. The van der Waals surface area contributed by atoms with Crippen LogP contribution < -0.4 is 0 Å². The SMILES string of the molecule is CCCCCCCCC1CCC(c2ccc(-c3ccc(C(C)(F)F)c(F)c3)cc2)CC1. The summed E-state index contributed by atoms with van der Waals surface area (Å²) in [6.45, 7) is 2.99. The van der Waals surface area contributed by atoms with Crippen molar-refractivity contribution in [3.8, 4) is 11.1 Å². The van der Waals surface area contributed by atoms with E-state index in [2.05, 4.69) is 19.1 Å². The third-order valence-electron chi connectivity index (χ3n) is 6.97. The van der Waals surface area contributed by atoms with Crippen LogP contribution in [0.5, 0.6) is 0 Å². The summed E-state index contributed by atoms with van der Waals surface area (Å²) >= 11 is 0. The van der Waals surface area contributed by atoms with Gasteiger partial charge in [-0.15, -0.1) is 0 Å². The zero-order valence-electron chi connectivity index (χ0n) is 19.1. The Hall–Kier alpha value is -1.77. The number of rotatable bonds is 10. The van der Waals surface area contributed by atoms with Crippen molar-refractivity contribution in [2.45, 2.75) is 96.3 Å². The highest BCUT2D eigenvalue weighted by molar-refractivity contribution is 5.64. The Morgan fingerprint density at radius 3 is 2.03 bits per heavy atom. The van der Waals surface area contributed by atoms with Gasteiger partial charge in [0.2, 0.25) is 0 Å². The average molecular weight is 431 g/mol. The third-order valence-corrected chi connectivity index (χ3v) is 6.97. The van der Waals surface area contributed by atoms with Crippen molar-refractivity contribution >= 4 is 0 Å². The Kier molecular flexibility index (Phi) is 8.63. The predicted octanol–water partition coefficient (Wildman–Crippen LogP) is 9.63. The summed E-state index contributed by atoms with van der Waals surface area (Å²) in [5, 5.41) is 0. The molecule has 1 saturated carbocycles. The maximum atomic E-state index is 14.1. The van der Waals surface area contributed by atoms with Crippen molar-refractivity contribution < 1.29 is 13.2 Å². The van der Waals surface area contributed by atoms with Gasteiger partial charge in [-0.1, -0.05) is 82.2 Å². The molecule has 0 aliphatic heterocycles. The zero-order valence-corrected chi connectivity index (χ0v) is 19.1. The van der Waals surface area contributed by atoms with Crippen molar-refractivity contribution in [1.82, 2.24) is 0 Å². The standard InChI is InChI=1S/C28H37F3/c1-3-4-5-6-7-8-9-21-10-12-22(13-11-21)23-14-16-24(17-15-23)25-18-19-26(27(29)20-25)28(2,30)31/h14-22H,3-13H2,1-2H3. The van der Waals surface area contributed by atoms with Gasteiger partial charge in [0.25, 0.3) is 5.92 Å². The Labute approximate surface area is 186 Å². The molecule has 0 bridgehead atoms. The fourth-order valence-electron chi connectivity index (χ4n) is 5.00. The molecule has 1 fully saturated rings. The molecular weight excluding hydrogens is 393 g/mol. The molecule has 2 aromatic rings. The van der Waals surface area contributed by atoms with E-state index in [4.69, 9.17) is 0 Å². The summed E-state index contributed by atoms with van der Waals surface area (Å²) < 4.78 is 41.0. The molecular formula is C28H37F3. The highest BCUT2D eigenvalue weighted by Gasteiger charge is 2.28. The lowest BCUT2D eigenvalue weighted by Gasteiger charge is -2.29. The van der Waals surface area contributed by atoms with Crippen molar-refractivity contribution in [1.29, 1.82) is 0 Å². The maximum absolute atomic E-state index is 14.1. The van der Waals surface area contributed by atoms with Crippen molar-refractivity contribution in [3.63, 3.8) is 0 Å². The van der Waals surface area contributed by atoms with E-state index in [1.165, 1.54) is 88.3 Å². The Morgan fingerprint density at radius 2 is 1.42 bits per heavy atom. The molecule has 0 heterocycles. The van der Waals surface area contributed by atoms with E-state index in [1.54, 1.807) is 6.07 Å². The molecule has 0 unspecified atom stereocenters. The Morgan fingerprint density at radius 1 is 0.806 bits per heavy atom. The molecule has 0 spiro atoms. The minimum Gasteiger partial charge on any atom is -0.206 e. The zero-order chi connectivity index (χ0) is 22.3. The van der Waals surface area contributed by atoms with Crippen LogP contribution >= 0.6 is 0 Å². The molecule has 2 aromatic carbocycles. The van der Waals surface area contributed by atoms with E-state index >= 15 is 0 Å². The second-order valence-corrected chi connectivity index (χ2v) is 9.48. The molecule has 0 aromatic heterocycles. The lowest BCUT2D eigenvalue weighted by atomic mass is 9.77. The Balaban J connectivity index is 1.49. The van der Waals surface area contributed by atoms with Gasteiger partial charge in [0.1, 0.15) is 5.82 Å². The van der Waals surface area contributed by atoms with E-state index in [0.29, 0.717) is 11.5 Å². The van der Waals surface area contributed by atoms with E-state index in [-0.39, 0.29) is 0 Å². The van der Waals surface area contributed by atoms with Gasteiger partial charge >= 0.3 is 0 Å². The quantitative estimate of drug-likeness (QED) is 0.329. The van der Waals surface area contributed by atoms with Crippen LogP contribution in [0.25, 0.3) is 11.1 Å². The molecule has 3 heteroatoms. The first-order chi connectivity index (χ1) is 14.9. The van der Waals surface area contributed by atoms with Gasteiger partial charge in [-0.25, -0.2) is 13.2 Å². The molecule has 3 rings (SSSR count). The molecule has 1 aliphatic carbocycles. The average Bonchev–Trinajstić information content (AvgIpc) is 2.76. The Bertz CT molecular complexity index is 796. The summed E-state index contributed by atoms with van der Waals surface area (Å²) in [5.41, 5.74) is 2.30. The summed E-state index contributed by atoms with van der Waals surface area (Å²) in [6.07, 6.45) is 14.7. The van der Waals surface area contributed by atoms with Crippen LogP contribution in [0, 0.1) is 11.7 Å². The van der Waals surface area contributed by atoms with E-state index < -0.39 is 17.3 Å². The highest BCUT2D eigenvalue weighted by atomic mass is 19.3. The first-order valence-corrected chi connectivity index (χ1v) is 12.2. The minimum absolute atomic E-state index is 0.550. The van der Waals surface area contributed by atoms with Crippen molar-refractivity contribution in [2.75, 3.05) is 0 Å². The molecule has 0 N–H and O–H groups in total. The number of halogens is 3. The predicted molar refractivity (Wildman–Crippen MR) is 124 cm³/mol. The number of hydrogen-bond acceptors (Lipinski definition) is 0. The molecule has 0 atom stereocenters. The van der Waals surface area contributed by atoms with Gasteiger partial charge in [0.05, 0.1) is 5.56 Å². The van der Waals surface area contributed by atoms with E-state index in [0.717, 1.165) is 18.4 Å². The van der Waals surface area contributed by atoms with Gasteiger partial charge in [-0.3, -0.25) is 0 Å². The van der Waals surface area contributed by atoms with Gasteiger partial charge in [0, 0.05) is 6.92 Å². The van der Waals surface area contributed by atoms with E-state index in [1.807, 2.05) is 12.1 Å². The first kappa shape index (κ1) is 23.9. The van der Waals surface area contributed by atoms with Gasteiger partial charge in [-0.2, -0.15) is 0 Å². The molecule has 0 radical (unpaired) electrons. The molecule has 170 valence electrons. The molecule has 31 heavy (non-hydrogen) atoms. The second-order valence-electron chi connectivity index (χ2n) is 9.48. The van der Waals surface area contributed by atoms with Crippen LogP contribution in [-0.4, -0.2) is 0 Å². The monoisotopic (exact) mass is 430 g/mol. The third kappa shape index (κ3) is 6.85. The van der Waals surface area contributed by atoms with Crippen LogP contribution in [0.2, 0.25) is 0 Å². The molecule has 0 saturated heterocycles. The minimum atomic E-state index is -3.17. The van der Waals surface area contributed by atoms with Gasteiger partial charge < -0.3 is 0 Å². The molecule has 0 nitrogen and oxygen atoms in total. The second kappa shape index (κ2) is 11.2. The van der Waals surface area contributed by atoms with Crippen molar-refractivity contribution in [2.24, 2.45) is 5.92 Å². The van der Waals surface area contributed by atoms with Crippen LogP contribution in [-0.2, 0) is 5.92 Å². The molecule has 0 amide bonds. The summed E-state index contributed by atoms with van der Waals surface area (Å²) in [4.78, 5) is 0. The number of hydrogen-bond donors (Lipinski definition) is 0. The first-order valence-electron chi connectivity index (χ1n) is 12.2. The van der Waals surface area contributed by atoms with Gasteiger partial charge in [0.15, 0.2) is 0 Å². The van der Waals surface area contributed by atoms with Crippen LogP contribution in [0.1, 0.15) is 102 Å². The number of alkyl halides is 2. The topological polar surface area (TPSA) is 0 Å². The van der Waals surface area contributed by atoms with Crippen LogP contribution in [0.15, 0.2) is 42.5 Å². The summed E-state index contributed by atoms with van der Waals surface area (Å²) in [6, 6.07) is 12.3. The van der Waals surface area contributed by atoms with Crippen LogP contribution in [0.4, 0.5) is 13.2 Å². The van der Waals surface area contributed by atoms with Crippen LogP contribution in [0.3, 0.4) is 0 Å². The van der Waals surface area contributed by atoms with E-state index in [9.17, 15) is 13.2 Å². The fraction of sp³-hybridized carbons (Fsp3) is 0.571. The summed E-state index contributed by atoms with van der Waals surface area (Å²) in [5.74, 6) is -2.52. The largest absolute Gasteiger partial charge is 0.273 e. The fourth-order valence-corrected chi connectivity index (χ4v) is 5.00. The smallest absolute Gasteiger partial charge is 0.206 e. The lowest BCUT2D eigenvalue weighted by Crippen LogP contribution is -2.13. The summed E-state index contributed by atoms with van der Waals surface area (Å²) in [7, 11) is 0. The normalized spacial score (nSPS) is 19.5. The highest BCUT2D eigenvalue weighted by Crippen LogP contribution is 2.38.